The maximum absolute atomic E-state index is 11.9. The predicted octanol–water partition coefficient (Wildman–Crippen LogP) is 4.82. The molecule has 3 N–H and O–H groups in total. The zero-order valence-corrected chi connectivity index (χ0v) is 15.8. The van der Waals surface area contributed by atoms with E-state index in [1.54, 1.807) is 12.3 Å². The Bertz CT molecular complexity index is 979. The van der Waals surface area contributed by atoms with Crippen LogP contribution in [-0.4, -0.2) is 11.1 Å². The Kier molecular flexibility index (Phi) is 5.19. The predicted molar refractivity (Wildman–Crippen MR) is 109 cm³/mol. The van der Waals surface area contributed by atoms with E-state index in [1.807, 2.05) is 30.3 Å². The highest BCUT2D eigenvalue weighted by atomic mass is 35.5. The van der Waals surface area contributed by atoms with Crippen molar-refractivity contribution in [2.45, 2.75) is 37.8 Å². The molecule has 3 aromatic rings. The number of benzene rings is 2. The summed E-state index contributed by atoms with van der Waals surface area (Å²) in [5.74, 6) is 1.11. The number of pyridine rings is 1. The van der Waals surface area contributed by atoms with E-state index in [4.69, 9.17) is 22.1 Å². The van der Waals surface area contributed by atoms with Crippen molar-refractivity contribution < 1.29 is 4.74 Å². The van der Waals surface area contributed by atoms with E-state index in [9.17, 15) is 4.79 Å². The van der Waals surface area contributed by atoms with Crippen LogP contribution in [0.1, 0.15) is 37.3 Å². The summed E-state index contributed by atoms with van der Waals surface area (Å²) in [5, 5.41) is 1.88. The normalized spacial score (nSPS) is 21.1. The highest BCUT2D eigenvalue weighted by Gasteiger charge is 2.27. The first-order valence-electron chi connectivity index (χ1n) is 9.40. The molecule has 1 fully saturated rings. The number of nitrogens with two attached hydrogens (primary N) is 1. The number of aromatic nitrogens is 1. The van der Waals surface area contributed by atoms with Gasteiger partial charge in [-0.15, -0.1) is 0 Å². The number of fused-ring (bicyclic) bond motifs is 1. The molecule has 1 unspecified atom stereocenters. The van der Waals surface area contributed by atoms with E-state index in [-0.39, 0.29) is 17.7 Å². The fourth-order valence-electron chi connectivity index (χ4n) is 3.97. The molecule has 1 saturated carbocycles. The highest BCUT2D eigenvalue weighted by molar-refractivity contribution is 6.32. The van der Waals surface area contributed by atoms with Crippen molar-refractivity contribution in [2.75, 3.05) is 0 Å². The minimum Gasteiger partial charge on any atom is -0.489 e. The quantitative estimate of drug-likeness (QED) is 0.679. The van der Waals surface area contributed by atoms with E-state index < -0.39 is 0 Å². The molecule has 0 bridgehead atoms. The van der Waals surface area contributed by atoms with Crippen molar-refractivity contribution >= 4 is 22.4 Å². The summed E-state index contributed by atoms with van der Waals surface area (Å²) in [7, 11) is 0. The standard InChI is InChI=1S/C22H23ClN2O2/c23-19-13-18-16(10-11-25-22(18)26)12-20(19)27-17-8-6-15(7-9-17)21(24)14-4-2-1-3-5-14/h1-5,10-13,15,17,21H,6-9,24H2,(H,25,26). The number of aromatic amines is 1. The molecule has 1 aliphatic rings. The van der Waals surface area contributed by atoms with Crippen LogP contribution >= 0.6 is 11.6 Å². The summed E-state index contributed by atoms with van der Waals surface area (Å²) in [5.41, 5.74) is 7.53. The Hall–Kier alpha value is -2.30. The zero-order valence-electron chi connectivity index (χ0n) is 15.0. The molecule has 2 aromatic carbocycles. The van der Waals surface area contributed by atoms with Crippen LogP contribution in [0.5, 0.6) is 5.75 Å². The molecule has 5 heteroatoms. The maximum Gasteiger partial charge on any atom is 0.255 e. The van der Waals surface area contributed by atoms with E-state index in [0.717, 1.165) is 31.1 Å². The molecule has 140 valence electrons. The van der Waals surface area contributed by atoms with Crippen LogP contribution in [0.2, 0.25) is 5.02 Å². The molecule has 1 aromatic heterocycles. The molecule has 0 spiro atoms. The van der Waals surface area contributed by atoms with E-state index in [1.165, 1.54) is 5.56 Å². The van der Waals surface area contributed by atoms with Crippen LogP contribution in [0.4, 0.5) is 0 Å². The molecule has 1 aliphatic carbocycles. The van der Waals surface area contributed by atoms with Gasteiger partial charge in [-0.3, -0.25) is 4.79 Å². The van der Waals surface area contributed by atoms with Crippen LogP contribution in [0, 0.1) is 5.92 Å². The third-order valence-corrected chi connectivity index (χ3v) is 5.83. The summed E-state index contributed by atoms with van der Waals surface area (Å²) in [4.78, 5) is 14.5. The summed E-state index contributed by atoms with van der Waals surface area (Å²) in [6, 6.07) is 15.8. The number of rotatable bonds is 4. The van der Waals surface area contributed by atoms with Gasteiger partial charge in [-0.05, 0) is 60.7 Å². The average Bonchev–Trinajstić information content (AvgIpc) is 2.70. The minimum atomic E-state index is -0.142. The maximum atomic E-state index is 11.9. The summed E-state index contributed by atoms with van der Waals surface area (Å²) >= 11 is 6.36. The number of H-pyrrole nitrogens is 1. The van der Waals surface area contributed by atoms with Crippen LogP contribution in [0.3, 0.4) is 0 Å². The Labute approximate surface area is 163 Å². The molecule has 4 rings (SSSR count). The van der Waals surface area contributed by atoms with Crippen molar-refractivity contribution in [2.24, 2.45) is 11.7 Å². The Morgan fingerprint density at radius 2 is 1.81 bits per heavy atom. The van der Waals surface area contributed by atoms with Gasteiger partial charge in [-0.1, -0.05) is 41.9 Å². The zero-order chi connectivity index (χ0) is 18.8. The van der Waals surface area contributed by atoms with E-state index in [2.05, 4.69) is 17.1 Å². The molecular weight excluding hydrogens is 360 g/mol. The third kappa shape index (κ3) is 3.87. The van der Waals surface area contributed by atoms with Crippen molar-refractivity contribution in [1.29, 1.82) is 0 Å². The first kappa shape index (κ1) is 18.1. The lowest BCUT2D eigenvalue weighted by Gasteiger charge is -2.32. The van der Waals surface area contributed by atoms with Crippen LogP contribution in [-0.2, 0) is 0 Å². The van der Waals surface area contributed by atoms with Crippen molar-refractivity contribution in [3.8, 4) is 5.75 Å². The van der Waals surface area contributed by atoms with Gasteiger partial charge in [0.15, 0.2) is 0 Å². The Morgan fingerprint density at radius 3 is 2.56 bits per heavy atom. The second kappa shape index (κ2) is 7.75. The van der Waals surface area contributed by atoms with Gasteiger partial charge in [-0.2, -0.15) is 0 Å². The van der Waals surface area contributed by atoms with Gasteiger partial charge in [0.25, 0.3) is 5.56 Å². The topological polar surface area (TPSA) is 68.1 Å². The number of halogens is 1. The lowest BCUT2D eigenvalue weighted by Crippen LogP contribution is -2.30. The minimum absolute atomic E-state index is 0.0723. The number of hydrogen-bond donors (Lipinski definition) is 2. The van der Waals surface area contributed by atoms with Crippen molar-refractivity contribution in [3.63, 3.8) is 0 Å². The number of hydrogen-bond acceptors (Lipinski definition) is 3. The first-order chi connectivity index (χ1) is 13.1. The fraction of sp³-hybridized carbons (Fsp3) is 0.318. The second-order valence-corrected chi connectivity index (χ2v) is 7.67. The number of ether oxygens (including phenoxy) is 1. The summed E-state index contributed by atoms with van der Waals surface area (Å²) < 4.78 is 6.18. The van der Waals surface area contributed by atoms with Crippen LogP contribution in [0.25, 0.3) is 10.8 Å². The molecular formula is C22H23ClN2O2. The van der Waals surface area contributed by atoms with Gasteiger partial charge >= 0.3 is 0 Å². The molecule has 0 saturated heterocycles. The number of nitrogens with one attached hydrogen (secondary N) is 1. The molecule has 4 nitrogen and oxygen atoms in total. The van der Waals surface area contributed by atoms with Crippen molar-refractivity contribution in [3.05, 3.63) is 75.7 Å². The van der Waals surface area contributed by atoms with Gasteiger partial charge < -0.3 is 15.5 Å². The summed E-state index contributed by atoms with van der Waals surface area (Å²) in [6.07, 6.45) is 5.74. The third-order valence-electron chi connectivity index (χ3n) is 5.53. The molecule has 27 heavy (non-hydrogen) atoms. The smallest absolute Gasteiger partial charge is 0.255 e. The molecule has 1 heterocycles. The fourth-order valence-corrected chi connectivity index (χ4v) is 4.18. The molecule has 0 radical (unpaired) electrons. The van der Waals surface area contributed by atoms with Gasteiger partial charge in [0, 0.05) is 17.6 Å². The van der Waals surface area contributed by atoms with E-state index >= 15 is 0 Å². The second-order valence-electron chi connectivity index (χ2n) is 7.27. The SMILES string of the molecule is NC(c1ccccc1)C1CCC(Oc2cc3cc[nH]c(=O)c3cc2Cl)CC1. The van der Waals surface area contributed by atoms with Gasteiger partial charge in [0.2, 0.25) is 0 Å². The molecule has 0 amide bonds. The van der Waals surface area contributed by atoms with Gasteiger partial charge in [-0.25, -0.2) is 0 Å². The highest BCUT2D eigenvalue weighted by Crippen LogP contribution is 2.36. The Morgan fingerprint density at radius 1 is 1.07 bits per heavy atom. The largest absolute Gasteiger partial charge is 0.489 e. The lowest BCUT2D eigenvalue weighted by atomic mass is 9.80. The molecule has 1 atom stereocenters. The lowest BCUT2D eigenvalue weighted by molar-refractivity contribution is 0.123. The first-order valence-corrected chi connectivity index (χ1v) is 9.78. The van der Waals surface area contributed by atoms with Gasteiger partial charge in [0.1, 0.15) is 5.75 Å². The van der Waals surface area contributed by atoms with Crippen molar-refractivity contribution in [1.82, 2.24) is 4.98 Å². The summed E-state index contributed by atoms with van der Waals surface area (Å²) in [6.45, 7) is 0. The monoisotopic (exact) mass is 382 g/mol. The van der Waals surface area contributed by atoms with Crippen LogP contribution < -0.4 is 16.0 Å². The molecule has 0 aliphatic heterocycles. The van der Waals surface area contributed by atoms with Crippen LogP contribution in [0.15, 0.2) is 59.5 Å². The average molecular weight is 383 g/mol. The van der Waals surface area contributed by atoms with Gasteiger partial charge in [0.05, 0.1) is 11.1 Å². The Balaban J connectivity index is 1.43. The van der Waals surface area contributed by atoms with E-state index in [0.29, 0.717) is 22.1 Å².